The van der Waals surface area contributed by atoms with Crippen molar-refractivity contribution >= 4 is 29.2 Å². The van der Waals surface area contributed by atoms with Crippen LogP contribution in [0.4, 0.5) is 5.69 Å². The van der Waals surface area contributed by atoms with Gasteiger partial charge in [-0.3, -0.25) is 9.59 Å². The maximum atomic E-state index is 12.7. The minimum Gasteiger partial charge on any atom is -0.481 e. The van der Waals surface area contributed by atoms with Crippen LogP contribution in [0.2, 0.25) is 5.02 Å². The van der Waals surface area contributed by atoms with Crippen molar-refractivity contribution in [2.45, 2.75) is 11.7 Å². The summed E-state index contributed by atoms with van der Waals surface area (Å²) in [6.07, 6.45) is 3.09. The number of carboxylic acid groups (broad SMARTS) is 1. The topological polar surface area (TPSA) is 66.8 Å². The van der Waals surface area contributed by atoms with Crippen LogP contribution in [0.1, 0.15) is 0 Å². The number of anilines is 1. The third-order valence-corrected chi connectivity index (χ3v) is 4.74. The highest BCUT2D eigenvalue weighted by molar-refractivity contribution is 6.31. The molecule has 0 aliphatic carbocycles. The molecule has 2 saturated heterocycles. The molecule has 4 rings (SSSR count). The highest BCUT2D eigenvalue weighted by Crippen LogP contribution is 2.52. The monoisotopic (exact) mass is 305 g/mol. The third kappa shape index (κ3) is 1.61. The Kier molecular flexibility index (Phi) is 2.50. The zero-order chi connectivity index (χ0) is 14.8. The number of benzene rings is 1. The maximum absolute atomic E-state index is 12.7. The lowest BCUT2D eigenvalue weighted by Crippen LogP contribution is -2.39. The number of rotatable bonds is 2. The normalized spacial score (nSPS) is 36.3. The Labute approximate surface area is 125 Å². The van der Waals surface area contributed by atoms with Crippen LogP contribution in [-0.2, 0) is 14.3 Å². The first-order valence-corrected chi connectivity index (χ1v) is 7.07. The van der Waals surface area contributed by atoms with Crippen molar-refractivity contribution in [2.75, 3.05) is 11.4 Å². The molecule has 1 aromatic carbocycles. The number of nitrogens with zero attached hydrogens (tertiary/aromatic N) is 1. The Morgan fingerprint density at radius 2 is 2.29 bits per heavy atom. The fourth-order valence-electron chi connectivity index (χ4n) is 3.64. The second-order valence-electron chi connectivity index (χ2n) is 5.64. The summed E-state index contributed by atoms with van der Waals surface area (Å²) in [7, 11) is 0. The molecule has 3 aliphatic rings. The van der Waals surface area contributed by atoms with Crippen LogP contribution >= 0.6 is 11.6 Å². The molecule has 1 N–H and O–H groups in total. The number of carboxylic acids is 1. The van der Waals surface area contributed by atoms with Crippen LogP contribution < -0.4 is 4.90 Å². The summed E-state index contributed by atoms with van der Waals surface area (Å²) in [5, 5.41) is 9.92. The van der Waals surface area contributed by atoms with Crippen LogP contribution in [-0.4, -0.2) is 35.2 Å². The van der Waals surface area contributed by atoms with Gasteiger partial charge in [0.2, 0.25) is 5.91 Å². The van der Waals surface area contributed by atoms with Crippen molar-refractivity contribution in [3.63, 3.8) is 0 Å². The number of aliphatic carboxylic acids is 1. The number of carbonyl (C=O) groups excluding carboxylic acids is 1. The molecule has 5 nitrogen and oxygen atoms in total. The average Bonchev–Trinajstić information content (AvgIpc) is 3.07. The third-order valence-electron chi connectivity index (χ3n) is 4.51. The zero-order valence-electron chi connectivity index (χ0n) is 10.9. The highest BCUT2D eigenvalue weighted by Gasteiger charge is 2.67. The molecule has 1 amide bonds. The van der Waals surface area contributed by atoms with E-state index in [0.717, 1.165) is 0 Å². The van der Waals surface area contributed by atoms with E-state index in [1.54, 1.807) is 35.2 Å². The molecule has 0 unspecified atom stereocenters. The summed E-state index contributed by atoms with van der Waals surface area (Å²) in [4.78, 5) is 25.7. The molecule has 6 heteroatoms. The smallest absolute Gasteiger partial charge is 0.310 e. The van der Waals surface area contributed by atoms with Gasteiger partial charge in [-0.05, 0) is 18.2 Å². The Balaban J connectivity index is 1.75. The molecular weight excluding hydrogens is 294 g/mol. The molecule has 4 atom stereocenters. The summed E-state index contributed by atoms with van der Waals surface area (Å²) < 4.78 is 5.82. The Morgan fingerprint density at radius 3 is 3.00 bits per heavy atom. The van der Waals surface area contributed by atoms with Gasteiger partial charge in [-0.1, -0.05) is 29.8 Å². The lowest BCUT2D eigenvalue weighted by molar-refractivity contribution is -0.146. The van der Waals surface area contributed by atoms with Gasteiger partial charge < -0.3 is 14.7 Å². The first-order valence-electron chi connectivity index (χ1n) is 6.69. The molecule has 21 heavy (non-hydrogen) atoms. The van der Waals surface area contributed by atoms with Crippen LogP contribution in [0.3, 0.4) is 0 Å². The second-order valence-corrected chi connectivity index (χ2v) is 6.08. The predicted molar refractivity (Wildman–Crippen MR) is 75.2 cm³/mol. The summed E-state index contributed by atoms with van der Waals surface area (Å²) >= 11 is 5.97. The number of carbonyl (C=O) groups is 2. The molecule has 0 saturated carbocycles. The second kappa shape index (κ2) is 4.08. The van der Waals surface area contributed by atoms with Crippen LogP contribution in [0.15, 0.2) is 36.4 Å². The van der Waals surface area contributed by atoms with Crippen molar-refractivity contribution in [2.24, 2.45) is 11.8 Å². The van der Waals surface area contributed by atoms with E-state index >= 15 is 0 Å². The summed E-state index contributed by atoms with van der Waals surface area (Å²) in [5.74, 6) is -2.68. The molecule has 2 fully saturated rings. The zero-order valence-corrected chi connectivity index (χ0v) is 11.7. The van der Waals surface area contributed by atoms with Crippen molar-refractivity contribution in [1.29, 1.82) is 0 Å². The highest BCUT2D eigenvalue weighted by atomic mass is 35.5. The molecule has 3 heterocycles. The number of amides is 1. The molecule has 3 aliphatic heterocycles. The maximum Gasteiger partial charge on any atom is 0.310 e. The fourth-order valence-corrected chi connectivity index (χ4v) is 3.83. The van der Waals surface area contributed by atoms with Crippen LogP contribution in [0, 0.1) is 11.8 Å². The van der Waals surface area contributed by atoms with Gasteiger partial charge in [-0.25, -0.2) is 0 Å². The van der Waals surface area contributed by atoms with E-state index in [1.165, 1.54) is 0 Å². The van der Waals surface area contributed by atoms with Gasteiger partial charge in [0.05, 0.1) is 18.6 Å². The van der Waals surface area contributed by atoms with Gasteiger partial charge in [0.15, 0.2) is 0 Å². The van der Waals surface area contributed by atoms with Gasteiger partial charge in [0.25, 0.3) is 0 Å². The number of hydrogen-bond donors (Lipinski definition) is 1. The van der Waals surface area contributed by atoms with Gasteiger partial charge in [0, 0.05) is 10.7 Å². The quantitative estimate of drug-likeness (QED) is 0.845. The Morgan fingerprint density at radius 1 is 1.48 bits per heavy atom. The molecule has 0 radical (unpaired) electrons. The van der Waals surface area contributed by atoms with Crippen molar-refractivity contribution in [3.8, 4) is 0 Å². The standard InChI is InChI=1S/C15H12ClNO4/c16-8-2-1-3-9(6-8)17-7-15-5-4-10(21-15)11(14(19)20)12(15)13(17)18/h1-6,10-12H,7H2,(H,19,20)/t10-,11-,12+,15-/m1/s1. The van der Waals surface area contributed by atoms with E-state index in [-0.39, 0.29) is 5.91 Å². The van der Waals surface area contributed by atoms with Crippen molar-refractivity contribution < 1.29 is 19.4 Å². The minimum absolute atomic E-state index is 0.212. The predicted octanol–water partition coefficient (Wildman–Crippen LogP) is 1.71. The van der Waals surface area contributed by atoms with Crippen molar-refractivity contribution in [3.05, 3.63) is 41.4 Å². The van der Waals surface area contributed by atoms with Gasteiger partial charge in [-0.15, -0.1) is 0 Å². The average molecular weight is 306 g/mol. The van der Waals surface area contributed by atoms with E-state index in [9.17, 15) is 14.7 Å². The minimum atomic E-state index is -0.988. The number of hydrogen-bond acceptors (Lipinski definition) is 3. The summed E-state index contributed by atoms with van der Waals surface area (Å²) in [5.41, 5.74) is -0.145. The fraction of sp³-hybridized carbons (Fsp3) is 0.333. The van der Waals surface area contributed by atoms with E-state index in [4.69, 9.17) is 16.3 Å². The summed E-state index contributed by atoms with van der Waals surface area (Å²) in [6, 6.07) is 6.97. The molecule has 0 aromatic heterocycles. The largest absolute Gasteiger partial charge is 0.481 e. The number of halogens is 1. The number of ether oxygens (including phenoxy) is 1. The molecule has 2 bridgehead atoms. The van der Waals surface area contributed by atoms with E-state index < -0.39 is 29.5 Å². The van der Waals surface area contributed by atoms with Gasteiger partial charge >= 0.3 is 5.97 Å². The first-order chi connectivity index (χ1) is 10.0. The van der Waals surface area contributed by atoms with Crippen LogP contribution in [0.5, 0.6) is 0 Å². The molecule has 108 valence electrons. The van der Waals surface area contributed by atoms with E-state index in [2.05, 4.69) is 0 Å². The molecule has 1 spiro atoms. The summed E-state index contributed by atoms with van der Waals surface area (Å²) in [6.45, 7) is 0.327. The van der Waals surface area contributed by atoms with E-state index in [1.807, 2.05) is 6.08 Å². The van der Waals surface area contributed by atoms with Crippen LogP contribution in [0.25, 0.3) is 0 Å². The Hall–Kier alpha value is -1.85. The van der Waals surface area contributed by atoms with E-state index in [0.29, 0.717) is 17.3 Å². The Bertz CT molecular complexity index is 688. The van der Waals surface area contributed by atoms with Gasteiger partial charge in [-0.2, -0.15) is 0 Å². The SMILES string of the molecule is O=C(O)[C@H]1[C@H]2C(=O)N(c3cccc(Cl)c3)C[C@]23C=C[C@H]1O3. The lowest BCUT2D eigenvalue weighted by atomic mass is 9.77. The molecular formula is C15H12ClNO4. The van der Waals surface area contributed by atoms with Crippen molar-refractivity contribution in [1.82, 2.24) is 0 Å². The lowest BCUT2D eigenvalue weighted by Gasteiger charge is -2.21. The van der Waals surface area contributed by atoms with Gasteiger partial charge in [0.1, 0.15) is 11.5 Å². The number of fused-ring (bicyclic) bond motifs is 1. The first kappa shape index (κ1) is 12.9. The molecule has 1 aromatic rings.